The van der Waals surface area contributed by atoms with Crippen LogP contribution in [0.5, 0.6) is 5.75 Å². The van der Waals surface area contributed by atoms with Gasteiger partial charge in [-0.25, -0.2) is 0 Å². The minimum atomic E-state index is -0.469. The summed E-state index contributed by atoms with van der Waals surface area (Å²) >= 11 is 0. The van der Waals surface area contributed by atoms with Crippen LogP contribution in [0.25, 0.3) is 0 Å². The lowest BCUT2D eigenvalue weighted by molar-refractivity contribution is -0.152. The molecule has 0 aliphatic heterocycles. The molecule has 0 atom stereocenters. The lowest BCUT2D eigenvalue weighted by Crippen LogP contribution is -2.39. The lowest BCUT2D eigenvalue weighted by atomic mass is 9.87. The van der Waals surface area contributed by atoms with Crippen LogP contribution >= 0.6 is 0 Å². The third-order valence-electron chi connectivity index (χ3n) is 3.96. The van der Waals surface area contributed by atoms with Gasteiger partial charge >= 0.3 is 5.97 Å². The summed E-state index contributed by atoms with van der Waals surface area (Å²) in [5.74, 6) is -0.433. The van der Waals surface area contributed by atoms with E-state index in [4.69, 9.17) is 9.47 Å². The second-order valence-corrected chi connectivity index (χ2v) is 7.31. The molecule has 2 amide bonds. The van der Waals surface area contributed by atoms with Gasteiger partial charge in [0.15, 0.2) is 6.61 Å². The zero-order valence-electron chi connectivity index (χ0n) is 16.8. The topological polar surface area (TPSA) is 84.9 Å². The van der Waals surface area contributed by atoms with Crippen LogP contribution in [0.2, 0.25) is 0 Å². The monoisotopic (exact) mass is 378 g/mol. The zero-order chi connectivity index (χ0) is 20.4. The van der Waals surface area contributed by atoms with Gasteiger partial charge < -0.3 is 19.7 Å². The van der Waals surface area contributed by atoms with Crippen molar-refractivity contribution in [3.8, 4) is 5.75 Å². The second kappa shape index (κ2) is 10.5. The highest BCUT2D eigenvalue weighted by molar-refractivity contribution is 5.86. The van der Waals surface area contributed by atoms with Crippen molar-refractivity contribution in [3.05, 3.63) is 29.8 Å². The molecule has 150 valence electrons. The first-order valence-electron chi connectivity index (χ1n) is 8.97. The lowest BCUT2D eigenvalue weighted by Gasteiger charge is -2.19. The van der Waals surface area contributed by atoms with Crippen LogP contribution < -0.4 is 10.1 Å². The van der Waals surface area contributed by atoms with Crippen molar-refractivity contribution in [2.45, 2.75) is 39.0 Å². The van der Waals surface area contributed by atoms with Crippen molar-refractivity contribution in [2.75, 3.05) is 33.9 Å². The molecule has 1 rings (SSSR count). The average Bonchev–Trinajstić information content (AvgIpc) is 2.62. The van der Waals surface area contributed by atoms with Crippen LogP contribution in [-0.4, -0.2) is 56.5 Å². The molecule has 0 aliphatic rings. The van der Waals surface area contributed by atoms with Gasteiger partial charge in [0.1, 0.15) is 5.75 Å². The van der Waals surface area contributed by atoms with E-state index >= 15 is 0 Å². The number of rotatable bonds is 9. The molecule has 0 aromatic heterocycles. The minimum absolute atomic E-state index is 0.0747. The summed E-state index contributed by atoms with van der Waals surface area (Å²) in [4.78, 5) is 35.8. The first kappa shape index (κ1) is 22.5. The number of amides is 2. The smallest absolute Gasteiger partial charge is 0.306 e. The molecule has 7 nitrogen and oxygen atoms in total. The van der Waals surface area contributed by atoms with E-state index in [-0.39, 0.29) is 30.9 Å². The van der Waals surface area contributed by atoms with Crippen molar-refractivity contribution in [3.63, 3.8) is 0 Å². The van der Waals surface area contributed by atoms with Crippen LogP contribution in [0.4, 0.5) is 0 Å². The summed E-state index contributed by atoms with van der Waals surface area (Å²) in [6, 6.07) is 7.90. The molecule has 0 bridgehead atoms. The Bertz CT molecular complexity index is 635. The highest BCUT2D eigenvalue weighted by Crippen LogP contribution is 2.24. The Balaban J connectivity index is 2.23. The fraction of sp³-hybridized carbons (Fsp3) is 0.550. The summed E-state index contributed by atoms with van der Waals surface area (Å²) in [6.07, 6.45) is 0.647. The third-order valence-corrected chi connectivity index (χ3v) is 3.96. The molecular weight excluding hydrogens is 348 g/mol. The van der Waals surface area contributed by atoms with Crippen LogP contribution in [0.1, 0.15) is 39.2 Å². The number of hydrogen-bond acceptors (Lipinski definition) is 5. The maximum Gasteiger partial charge on any atom is 0.306 e. The summed E-state index contributed by atoms with van der Waals surface area (Å²) in [6.45, 7) is 6.38. The van der Waals surface area contributed by atoms with Crippen LogP contribution in [0.15, 0.2) is 24.3 Å². The Morgan fingerprint density at radius 1 is 1.11 bits per heavy atom. The Morgan fingerprint density at radius 3 is 2.30 bits per heavy atom. The van der Waals surface area contributed by atoms with Crippen molar-refractivity contribution < 1.29 is 23.9 Å². The highest BCUT2D eigenvalue weighted by Gasteiger charge is 2.15. The molecule has 0 fully saturated rings. The van der Waals surface area contributed by atoms with Gasteiger partial charge in [-0.05, 0) is 29.5 Å². The SMILES string of the molecule is CNC(=O)CN(C)C(=O)COC(=O)CCCOc1ccc(C(C)(C)C)cc1. The minimum Gasteiger partial charge on any atom is -0.494 e. The van der Waals surface area contributed by atoms with E-state index in [1.54, 1.807) is 0 Å². The fourth-order valence-corrected chi connectivity index (χ4v) is 2.16. The molecule has 1 N–H and O–H groups in total. The van der Waals surface area contributed by atoms with Gasteiger partial charge in [0.2, 0.25) is 5.91 Å². The van der Waals surface area contributed by atoms with Gasteiger partial charge in [0, 0.05) is 20.5 Å². The first-order chi connectivity index (χ1) is 12.6. The number of carbonyl (C=O) groups excluding carboxylic acids is 3. The average molecular weight is 378 g/mol. The fourth-order valence-electron chi connectivity index (χ4n) is 2.16. The molecule has 0 aliphatic carbocycles. The van der Waals surface area contributed by atoms with Gasteiger partial charge in [-0.3, -0.25) is 14.4 Å². The van der Waals surface area contributed by atoms with Crippen LogP contribution in [0, 0.1) is 0 Å². The maximum atomic E-state index is 11.8. The summed E-state index contributed by atoms with van der Waals surface area (Å²) in [7, 11) is 2.96. The number of carbonyl (C=O) groups is 3. The predicted molar refractivity (Wildman–Crippen MR) is 103 cm³/mol. The third kappa shape index (κ3) is 8.57. The van der Waals surface area contributed by atoms with Crippen molar-refractivity contribution in [2.24, 2.45) is 0 Å². The van der Waals surface area contributed by atoms with Crippen LogP contribution in [-0.2, 0) is 24.5 Å². The van der Waals surface area contributed by atoms with Crippen LogP contribution in [0.3, 0.4) is 0 Å². The standard InChI is InChI=1S/C20H30N2O5/c1-20(2,3)15-8-10-16(11-9-15)26-12-6-7-19(25)27-14-18(24)22(5)13-17(23)21-4/h8-11H,6-7,12-14H2,1-5H3,(H,21,23). The molecule has 0 saturated heterocycles. The molecule has 0 radical (unpaired) electrons. The van der Waals surface area contributed by atoms with E-state index in [1.807, 2.05) is 24.3 Å². The summed E-state index contributed by atoms with van der Waals surface area (Å²) < 4.78 is 10.5. The summed E-state index contributed by atoms with van der Waals surface area (Å²) in [5, 5.41) is 2.42. The normalized spacial score (nSPS) is 10.9. The predicted octanol–water partition coefficient (Wildman–Crippen LogP) is 1.89. The number of nitrogens with one attached hydrogen (secondary N) is 1. The van der Waals surface area contributed by atoms with Gasteiger partial charge in [0.05, 0.1) is 13.2 Å². The number of benzene rings is 1. The van der Waals surface area contributed by atoms with Crippen molar-refractivity contribution in [1.82, 2.24) is 10.2 Å². The molecule has 0 saturated carbocycles. The van der Waals surface area contributed by atoms with Crippen molar-refractivity contribution in [1.29, 1.82) is 0 Å². The maximum absolute atomic E-state index is 11.8. The Hall–Kier alpha value is -2.57. The summed E-state index contributed by atoms with van der Waals surface area (Å²) in [5.41, 5.74) is 1.32. The van der Waals surface area contributed by atoms with Gasteiger partial charge in [-0.15, -0.1) is 0 Å². The quantitative estimate of drug-likeness (QED) is 0.524. The van der Waals surface area contributed by atoms with E-state index < -0.39 is 11.9 Å². The Kier molecular flexibility index (Phi) is 8.78. The van der Waals surface area contributed by atoms with Crippen molar-refractivity contribution >= 4 is 17.8 Å². The zero-order valence-corrected chi connectivity index (χ0v) is 16.8. The van der Waals surface area contributed by atoms with E-state index in [2.05, 4.69) is 26.1 Å². The molecule has 0 unspecified atom stereocenters. The van der Waals surface area contributed by atoms with Gasteiger partial charge in [-0.1, -0.05) is 32.9 Å². The number of nitrogens with zero attached hydrogens (tertiary/aromatic N) is 1. The molecule has 7 heteroatoms. The molecule has 27 heavy (non-hydrogen) atoms. The Morgan fingerprint density at radius 2 is 1.74 bits per heavy atom. The van der Waals surface area contributed by atoms with Gasteiger partial charge in [0.25, 0.3) is 5.91 Å². The van der Waals surface area contributed by atoms with Gasteiger partial charge in [-0.2, -0.15) is 0 Å². The Labute approximate surface area is 161 Å². The largest absolute Gasteiger partial charge is 0.494 e. The van der Waals surface area contributed by atoms with E-state index in [1.165, 1.54) is 24.6 Å². The number of hydrogen-bond donors (Lipinski definition) is 1. The first-order valence-corrected chi connectivity index (χ1v) is 8.97. The molecular formula is C20H30N2O5. The molecule has 1 aromatic carbocycles. The van der Waals surface area contributed by atoms with E-state index in [9.17, 15) is 14.4 Å². The number of likely N-dealkylation sites (N-methyl/N-ethyl adjacent to an activating group) is 2. The molecule has 0 spiro atoms. The number of ether oxygens (including phenoxy) is 2. The second-order valence-electron chi connectivity index (χ2n) is 7.31. The highest BCUT2D eigenvalue weighted by atomic mass is 16.5. The van der Waals surface area contributed by atoms with E-state index in [0.29, 0.717) is 13.0 Å². The number of esters is 1. The molecule has 0 heterocycles. The molecule has 1 aromatic rings. The van der Waals surface area contributed by atoms with E-state index in [0.717, 1.165) is 5.75 Å².